The van der Waals surface area contributed by atoms with Crippen LogP contribution in [0.5, 0.6) is 0 Å². The minimum absolute atomic E-state index is 0.00937. The molecule has 1 rings (SSSR count). The first-order valence-corrected chi connectivity index (χ1v) is 6.32. The van der Waals surface area contributed by atoms with Gasteiger partial charge >= 0.3 is 103 Å². The Morgan fingerprint density at radius 3 is 2.38 bits per heavy atom. The van der Waals surface area contributed by atoms with Gasteiger partial charge in [-0.15, -0.1) is 0 Å². The molecule has 3 N–H and O–H groups in total. The van der Waals surface area contributed by atoms with Gasteiger partial charge in [0.25, 0.3) is 0 Å². The molecule has 0 aromatic heterocycles. The summed E-state index contributed by atoms with van der Waals surface area (Å²) in [4.78, 5) is 8.63. The molecule has 0 spiro atoms. The van der Waals surface area contributed by atoms with E-state index in [1.54, 1.807) is 0 Å². The van der Waals surface area contributed by atoms with Gasteiger partial charge in [-0.05, 0) is 0 Å². The number of amidine groups is 2. The van der Waals surface area contributed by atoms with Crippen LogP contribution in [0, 0.1) is 0 Å². The molecule has 0 saturated heterocycles. The van der Waals surface area contributed by atoms with Crippen molar-refractivity contribution in [2.24, 2.45) is 9.98 Å². The van der Waals surface area contributed by atoms with Crippen LogP contribution in [-0.4, -0.2) is 73.9 Å². The molecule has 0 aromatic carbocycles. The number of aliphatic hydroxyl groups is 3. The first-order chi connectivity index (χ1) is 7.72. The molecule has 92 valence electrons. The fraction of sp³-hybridized carbons (Fsp3) is 0.778. The number of aliphatic hydroxyl groups excluding tert-OH is 3. The fourth-order valence-electron chi connectivity index (χ4n) is 1.47. The summed E-state index contributed by atoms with van der Waals surface area (Å²) in [5.74, 6) is 1.37. The zero-order valence-corrected chi connectivity index (χ0v) is 11.5. The summed E-state index contributed by atoms with van der Waals surface area (Å²) in [5, 5.41) is 26.7. The summed E-state index contributed by atoms with van der Waals surface area (Å²) in [6, 6.07) is 0. The summed E-state index contributed by atoms with van der Waals surface area (Å²) in [6.45, 7) is 0.111. The molecular weight excluding hydrogens is 273 g/mol. The summed E-state index contributed by atoms with van der Waals surface area (Å²) in [5.41, 5.74) is 0. The summed E-state index contributed by atoms with van der Waals surface area (Å²) in [7, 11) is 0. The Kier molecular flexibility index (Phi) is 5.98. The normalized spacial score (nSPS) is 20.8. The Hall–Kier alpha value is -0.422. The van der Waals surface area contributed by atoms with Crippen LogP contribution < -0.4 is 0 Å². The van der Waals surface area contributed by atoms with E-state index in [4.69, 9.17) is 15.3 Å². The Morgan fingerprint density at radius 1 is 1.12 bits per heavy atom. The summed E-state index contributed by atoms with van der Waals surface area (Å²) in [6.07, 6.45) is 1.31. The van der Waals surface area contributed by atoms with Gasteiger partial charge in [-0.25, -0.2) is 0 Å². The van der Waals surface area contributed by atoms with E-state index in [9.17, 15) is 0 Å². The third-order valence-electron chi connectivity index (χ3n) is 2.23. The fourth-order valence-corrected chi connectivity index (χ4v) is 2.31. The molecule has 0 radical (unpaired) electrons. The standard InChI is InChI=1S/C9H18AsN3O3/c10-13-8(2-5-15)11-7(1-4-14)12-9(13)3-6-16/h8,14-16H,1-6,10H2. The van der Waals surface area contributed by atoms with E-state index in [1.807, 2.05) is 3.82 Å². The van der Waals surface area contributed by atoms with Gasteiger partial charge in [0.1, 0.15) is 0 Å². The average Bonchev–Trinajstić information content (AvgIpc) is 2.26. The van der Waals surface area contributed by atoms with Crippen molar-refractivity contribution in [1.29, 1.82) is 0 Å². The van der Waals surface area contributed by atoms with Gasteiger partial charge in [0.05, 0.1) is 0 Å². The molecule has 0 saturated carbocycles. The Balaban J connectivity index is 2.79. The Bertz CT molecular complexity index is 283. The van der Waals surface area contributed by atoms with Crippen LogP contribution in [-0.2, 0) is 0 Å². The second-order valence-electron chi connectivity index (χ2n) is 3.42. The SMILES string of the molecule is OCCC1=NC(CCO)N([AsH2])C(CCO)=N1. The van der Waals surface area contributed by atoms with E-state index >= 15 is 0 Å². The van der Waals surface area contributed by atoms with Crippen molar-refractivity contribution in [2.75, 3.05) is 19.8 Å². The van der Waals surface area contributed by atoms with Crippen LogP contribution >= 0.6 is 0 Å². The molecule has 0 bridgehead atoms. The molecule has 0 fully saturated rings. The quantitative estimate of drug-likeness (QED) is 0.500. The number of aliphatic imine (C=N–C) groups is 2. The third-order valence-corrected chi connectivity index (χ3v) is 3.58. The van der Waals surface area contributed by atoms with Crippen LogP contribution in [0.15, 0.2) is 9.98 Å². The van der Waals surface area contributed by atoms with Crippen LogP contribution in [0.25, 0.3) is 0 Å². The van der Waals surface area contributed by atoms with Crippen molar-refractivity contribution in [1.82, 2.24) is 3.82 Å². The second-order valence-corrected chi connectivity index (χ2v) is 4.59. The molecule has 0 aromatic rings. The molecule has 2 atom stereocenters. The van der Waals surface area contributed by atoms with Crippen molar-refractivity contribution in [3.8, 4) is 0 Å². The predicted octanol–water partition coefficient (Wildman–Crippen LogP) is -1.88. The van der Waals surface area contributed by atoms with Gasteiger partial charge in [0.2, 0.25) is 0 Å². The first kappa shape index (κ1) is 13.6. The molecule has 6 nitrogen and oxygen atoms in total. The van der Waals surface area contributed by atoms with Gasteiger partial charge in [0, 0.05) is 0 Å². The minimum atomic E-state index is -0.120. The number of rotatable bonds is 6. The van der Waals surface area contributed by atoms with Gasteiger partial charge in [-0.3, -0.25) is 0 Å². The number of hydrogen-bond acceptors (Lipinski definition) is 6. The number of hydrogen-bond donors (Lipinski definition) is 3. The van der Waals surface area contributed by atoms with Crippen molar-refractivity contribution < 1.29 is 15.3 Å². The van der Waals surface area contributed by atoms with E-state index < -0.39 is 0 Å². The molecular formula is C9H18AsN3O3. The van der Waals surface area contributed by atoms with Gasteiger partial charge in [0.15, 0.2) is 0 Å². The first-order valence-electron chi connectivity index (χ1n) is 5.23. The van der Waals surface area contributed by atoms with Gasteiger partial charge in [-0.2, -0.15) is 0 Å². The predicted molar refractivity (Wildman–Crippen MR) is 64.1 cm³/mol. The molecule has 0 aliphatic carbocycles. The van der Waals surface area contributed by atoms with Crippen molar-refractivity contribution in [2.45, 2.75) is 25.4 Å². The maximum absolute atomic E-state index is 8.94. The molecule has 16 heavy (non-hydrogen) atoms. The Morgan fingerprint density at radius 2 is 1.81 bits per heavy atom. The topological polar surface area (TPSA) is 88.7 Å². The summed E-state index contributed by atoms with van der Waals surface area (Å²) >= 11 is 1.35. The van der Waals surface area contributed by atoms with Crippen LogP contribution in [0.4, 0.5) is 0 Å². The third kappa shape index (κ3) is 3.56. The zero-order chi connectivity index (χ0) is 12.0. The zero-order valence-electron chi connectivity index (χ0n) is 9.08. The van der Waals surface area contributed by atoms with Crippen LogP contribution in [0.2, 0.25) is 0 Å². The average molecular weight is 291 g/mol. The van der Waals surface area contributed by atoms with E-state index in [0.29, 0.717) is 25.1 Å². The molecule has 0 amide bonds. The second kappa shape index (κ2) is 7.01. The van der Waals surface area contributed by atoms with E-state index in [-0.39, 0.29) is 26.0 Å². The number of nitrogens with zero attached hydrogens (tertiary/aromatic N) is 3. The van der Waals surface area contributed by atoms with Crippen LogP contribution in [0.3, 0.4) is 0 Å². The van der Waals surface area contributed by atoms with Crippen LogP contribution in [0.1, 0.15) is 19.3 Å². The van der Waals surface area contributed by atoms with E-state index in [2.05, 4.69) is 9.98 Å². The monoisotopic (exact) mass is 291 g/mol. The Labute approximate surface area is 103 Å². The van der Waals surface area contributed by atoms with Crippen molar-refractivity contribution in [3.63, 3.8) is 0 Å². The van der Waals surface area contributed by atoms with E-state index in [0.717, 1.165) is 5.84 Å². The molecule has 1 heterocycles. The van der Waals surface area contributed by atoms with Crippen molar-refractivity contribution >= 4 is 28.7 Å². The van der Waals surface area contributed by atoms with Gasteiger partial charge < -0.3 is 0 Å². The summed E-state index contributed by atoms with van der Waals surface area (Å²) < 4.78 is 1.92. The molecule has 1 aliphatic rings. The molecule has 2 unspecified atom stereocenters. The maximum atomic E-state index is 8.94. The van der Waals surface area contributed by atoms with Gasteiger partial charge in [-0.1, -0.05) is 0 Å². The molecule has 1 aliphatic heterocycles. The van der Waals surface area contributed by atoms with Crippen molar-refractivity contribution in [3.05, 3.63) is 0 Å². The van der Waals surface area contributed by atoms with E-state index in [1.165, 1.54) is 17.1 Å². The molecule has 7 heteroatoms.